The molecule has 104 valence electrons. The van der Waals surface area contributed by atoms with Gasteiger partial charge < -0.3 is 10.4 Å². The minimum Gasteiger partial charge on any atom is -0.480 e. The predicted molar refractivity (Wildman–Crippen MR) is 72.5 cm³/mol. The van der Waals surface area contributed by atoms with Crippen molar-refractivity contribution in [3.63, 3.8) is 0 Å². The van der Waals surface area contributed by atoms with E-state index in [1.54, 1.807) is 12.3 Å². The van der Waals surface area contributed by atoms with E-state index in [0.717, 1.165) is 17.4 Å². The second-order valence-electron chi connectivity index (χ2n) is 5.34. The van der Waals surface area contributed by atoms with Crippen LogP contribution in [0.2, 0.25) is 0 Å². The molecule has 1 fully saturated rings. The number of carbonyl (C=O) groups excluding carboxylic acids is 1. The molecule has 0 unspecified atom stereocenters. The summed E-state index contributed by atoms with van der Waals surface area (Å²) in [6, 6.07) is 3.66. The van der Waals surface area contributed by atoms with Crippen molar-refractivity contribution in [1.29, 1.82) is 0 Å². The lowest BCUT2D eigenvalue weighted by atomic mass is 9.76. The van der Waals surface area contributed by atoms with Gasteiger partial charge in [-0.2, -0.15) is 5.10 Å². The van der Waals surface area contributed by atoms with Gasteiger partial charge in [-0.1, -0.05) is 0 Å². The van der Waals surface area contributed by atoms with E-state index < -0.39 is 11.5 Å². The number of aryl methyl sites for hydroxylation is 1. The first-order chi connectivity index (χ1) is 9.52. The lowest BCUT2D eigenvalue weighted by Gasteiger charge is -2.38. The van der Waals surface area contributed by atoms with Gasteiger partial charge in [0.05, 0.1) is 17.3 Å². The molecule has 0 aliphatic heterocycles. The lowest BCUT2D eigenvalue weighted by molar-refractivity contribution is -0.148. The first kappa shape index (κ1) is 12.7. The minimum atomic E-state index is -1.10. The fourth-order valence-corrected chi connectivity index (χ4v) is 2.59. The first-order valence-electron chi connectivity index (χ1n) is 6.51. The zero-order valence-corrected chi connectivity index (χ0v) is 11.1. The van der Waals surface area contributed by atoms with Crippen LogP contribution < -0.4 is 5.32 Å². The molecule has 3 N–H and O–H groups in total. The molecule has 1 aliphatic rings. The SMILES string of the molecule is Cc1cc(C(=O)NC2(C(=O)O)CCC2)c2[nH]ncc2c1. The summed E-state index contributed by atoms with van der Waals surface area (Å²) in [5, 5.41) is 19.5. The third kappa shape index (κ3) is 1.84. The van der Waals surface area contributed by atoms with Crippen LogP contribution in [0.15, 0.2) is 18.3 Å². The molecule has 0 saturated heterocycles. The number of nitrogens with one attached hydrogen (secondary N) is 2. The number of rotatable bonds is 3. The Morgan fingerprint density at radius 3 is 2.75 bits per heavy atom. The van der Waals surface area contributed by atoms with Gasteiger partial charge in [0.2, 0.25) is 0 Å². The van der Waals surface area contributed by atoms with E-state index in [1.165, 1.54) is 0 Å². The molecular weight excluding hydrogens is 258 g/mol. The van der Waals surface area contributed by atoms with E-state index in [9.17, 15) is 14.7 Å². The monoisotopic (exact) mass is 273 g/mol. The number of carbonyl (C=O) groups is 2. The Balaban J connectivity index is 1.97. The summed E-state index contributed by atoms with van der Waals surface area (Å²) >= 11 is 0. The molecule has 1 aromatic carbocycles. The van der Waals surface area contributed by atoms with Crippen LogP contribution in [0.5, 0.6) is 0 Å². The molecule has 1 heterocycles. The number of benzene rings is 1. The number of aliphatic carboxylic acids is 1. The van der Waals surface area contributed by atoms with Crippen LogP contribution in [0, 0.1) is 6.92 Å². The number of hydrogen-bond acceptors (Lipinski definition) is 3. The van der Waals surface area contributed by atoms with Crippen molar-refractivity contribution in [1.82, 2.24) is 15.5 Å². The average molecular weight is 273 g/mol. The number of amides is 1. The highest BCUT2D eigenvalue weighted by Crippen LogP contribution is 2.32. The highest BCUT2D eigenvalue weighted by molar-refractivity contribution is 6.07. The van der Waals surface area contributed by atoms with Gasteiger partial charge in [0.25, 0.3) is 5.91 Å². The number of fused-ring (bicyclic) bond motifs is 1. The number of hydrogen-bond donors (Lipinski definition) is 3. The molecule has 3 rings (SSSR count). The second kappa shape index (κ2) is 4.33. The number of carboxylic acid groups (broad SMARTS) is 1. The topological polar surface area (TPSA) is 95.1 Å². The van der Waals surface area contributed by atoms with E-state index in [1.807, 2.05) is 13.0 Å². The molecule has 20 heavy (non-hydrogen) atoms. The standard InChI is InChI=1S/C14H15N3O3/c1-8-5-9-7-15-17-11(9)10(6-8)12(18)16-14(13(19)20)3-2-4-14/h5-7H,2-4H2,1H3,(H,15,17)(H,16,18)(H,19,20). The van der Waals surface area contributed by atoms with Crippen LogP contribution in [0.3, 0.4) is 0 Å². The largest absolute Gasteiger partial charge is 0.480 e. The van der Waals surface area contributed by atoms with E-state index in [4.69, 9.17) is 0 Å². The molecule has 0 radical (unpaired) electrons. The lowest BCUT2D eigenvalue weighted by Crippen LogP contribution is -2.59. The zero-order chi connectivity index (χ0) is 14.3. The Labute approximate surface area is 115 Å². The van der Waals surface area contributed by atoms with Crippen LogP contribution in [-0.4, -0.2) is 32.7 Å². The maximum atomic E-state index is 12.4. The van der Waals surface area contributed by atoms with Crippen molar-refractivity contribution in [2.75, 3.05) is 0 Å². The maximum absolute atomic E-state index is 12.4. The molecule has 1 aromatic heterocycles. The van der Waals surface area contributed by atoms with Gasteiger partial charge in [-0.3, -0.25) is 9.89 Å². The van der Waals surface area contributed by atoms with Crippen molar-refractivity contribution in [3.8, 4) is 0 Å². The van der Waals surface area contributed by atoms with E-state index in [-0.39, 0.29) is 5.91 Å². The van der Waals surface area contributed by atoms with Crippen molar-refractivity contribution in [2.45, 2.75) is 31.7 Å². The molecule has 1 aliphatic carbocycles. The van der Waals surface area contributed by atoms with Gasteiger partial charge in [0.15, 0.2) is 0 Å². The Kier molecular flexibility index (Phi) is 2.74. The molecule has 1 amide bonds. The molecule has 0 atom stereocenters. The van der Waals surface area contributed by atoms with Crippen LogP contribution in [0.4, 0.5) is 0 Å². The quantitative estimate of drug-likeness (QED) is 0.791. The first-order valence-corrected chi connectivity index (χ1v) is 6.51. The van der Waals surface area contributed by atoms with Crippen molar-refractivity contribution >= 4 is 22.8 Å². The summed E-state index contributed by atoms with van der Waals surface area (Å²) in [5.74, 6) is -1.34. The Bertz CT molecular complexity index is 701. The van der Waals surface area contributed by atoms with Gasteiger partial charge in [-0.25, -0.2) is 4.79 Å². The fourth-order valence-electron chi connectivity index (χ4n) is 2.59. The molecular formula is C14H15N3O3. The Hall–Kier alpha value is -2.37. The summed E-state index contributed by atoms with van der Waals surface area (Å²) in [7, 11) is 0. The summed E-state index contributed by atoms with van der Waals surface area (Å²) in [4.78, 5) is 23.7. The second-order valence-corrected chi connectivity index (χ2v) is 5.34. The fraction of sp³-hybridized carbons (Fsp3) is 0.357. The van der Waals surface area contributed by atoms with Crippen molar-refractivity contribution in [2.24, 2.45) is 0 Å². The van der Waals surface area contributed by atoms with Gasteiger partial charge in [-0.05, 0) is 43.9 Å². The summed E-state index contributed by atoms with van der Waals surface area (Å²) in [6.07, 6.45) is 3.42. The number of H-pyrrole nitrogens is 1. The number of aromatic amines is 1. The van der Waals surface area contributed by atoms with Crippen molar-refractivity contribution < 1.29 is 14.7 Å². The number of aromatic nitrogens is 2. The van der Waals surface area contributed by atoms with Crippen LogP contribution in [0.1, 0.15) is 35.2 Å². The van der Waals surface area contributed by atoms with Gasteiger partial charge >= 0.3 is 5.97 Å². The van der Waals surface area contributed by atoms with Crippen LogP contribution >= 0.6 is 0 Å². The summed E-state index contributed by atoms with van der Waals surface area (Å²) < 4.78 is 0. The van der Waals surface area contributed by atoms with Gasteiger partial charge in [-0.15, -0.1) is 0 Å². The van der Waals surface area contributed by atoms with E-state index >= 15 is 0 Å². The number of carboxylic acids is 1. The zero-order valence-electron chi connectivity index (χ0n) is 11.1. The molecule has 0 spiro atoms. The van der Waals surface area contributed by atoms with Crippen molar-refractivity contribution in [3.05, 3.63) is 29.5 Å². The van der Waals surface area contributed by atoms with Crippen LogP contribution in [-0.2, 0) is 4.79 Å². The highest BCUT2D eigenvalue weighted by Gasteiger charge is 2.45. The normalized spacial score (nSPS) is 16.6. The van der Waals surface area contributed by atoms with Gasteiger partial charge in [0, 0.05) is 5.39 Å². The van der Waals surface area contributed by atoms with Gasteiger partial charge in [0.1, 0.15) is 5.54 Å². The number of nitrogens with zero attached hydrogens (tertiary/aromatic N) is 1. The molecule has 6 heteroatoms. The Morgan fingerprint density at radius 2 is 2.15 bits per heavy atom. The molecule has 1 saturated carbocycles. The summed E-state index contributed by atoms with van der Waals surface area (Å²) in [5.41, 5.74) is 0.896. The highest BCUT2D eigenvalue weighted by atomic mass is 16.4. The Morgan fingerprint density at radius 1 is 1.40 bits per heavy atom. The third-order valence-corrected chi connectivity index (χ3v) is 3.91. The third-order valence-electron chi connectivity index (χ3n) is 3.91. The summed E-state index contributed by atoms with van der Waals surface area (Å²) in [6.45, 7) is 1.89. The molecule has 0 bridgehead atoms. The smallest absolute Gasteiger partial charge is 0.329 e. The molecule has 2 aromatic rings. The molecule has 6 nitrogen and oxygen atoms in total. The van der Waals surface area contributed by atoms with E-state index in [2.05, 4.69) is 15.5 Å². The minimum absolute atomic E-state index is 0.370. The average Bonchev–Trinajstić information content (AvgIpc) is 2.79. The van der Waals surface area contributed by atoms with E-state index in [0.29, 0.717) is 23.9 Å². The maximum Gasteiger partial charge on any atom is 0.329 e. The van der Waals surface area contributed by atoms with Crippen LogP contribution in [0.25, 0.3) is 10.9 Å². The predicted octanol–water partition coefficient (Wildman–Crippen LogP) is 1.61.